The third kappa shape index (κ3) is 2.11. The molecule has 2 N–H and O–H groups in total. The molecular formula is C9H13N3O5S. The van der Waals surface area contributed by atoms with E-state index in [1.54, 1.807) is 6.92 Å². The Kier molecular flexibility index (Phi) is 3.37. The fraction of sp³-hybridized carbons (Fsp3) is 0.556. The molecule has 1 fully saturated rings. The zero-order chi connectivity index (χ0) is 13.3. The van der Waals surface area contributed by atoms with Gasteiger partial charge >= 0.3 is 5.97 Å². The molecule has 1 aliphatic rings. The van der Waals surface area contributed by atoms with Crippen molar-refractivity contribution in [3.8, 4) is 0 Å². The second-order valence-corrected chi connectivity index (χ2v) is 5.76. The number of hydrogen-bond acceptors (Lipinski definition) is 5. The number of sulfonamides is 1. The average Bonchev–Trinajstić information content (AvgIpc) is 2.76. The molecule has 0 amide bonds. The SMILES string of the molecule is Cc1[nH]ncc1S(=O)(=O)N1CCOCC1C(=O)O. The lowest BCUT2D eigenvalue weighted by atomic mass is 10.3. The van der Waals surface area contributed by atoms with Gasteiger partial charge in [0.15, 0.2) is 0 Å². The number of H-pyrrole nitrogens is 1. The van der Waals surface area contributed by atoms with E-state index in [1.165, 1.54) is 6.20 Å². The van der Waals surface area contributed by atoms with E-state index in [1.807, 2.05) is 0 Å². The minimum Gasteiger partial charge on any atom is -0.480 e. The van der Waals surface area contributed by atoms with Gasteiger partial charge in [0.1, 0.15) is 10.9 Å². The summed E-state index contributed by atoms with van der Waals surface area (Å²) in [7, 11) is -3.86. The maximum atomic E-state index is 12.3. The van der Waals surface area contributed by atoms with Gasteiger partial charge in [0, 0.05) is 6.54 Å². The molecule has 1 saturated heterocycles. The number of carboxylic acids is 1. The molecule has 1 unspecified atom stereocenters. The summed E-state index contributed by atoms with van der Waals surface area (Å²) in [6.45, 7) is 1.62. The number of nitrogens with zero attached hydrogens (tertiary/aromatic N) is 2. The van der Waals surface area contributed by atoms with Crippen molar-refractivity contribution in [3.63, 3.8) is 0 Å². The largest absolute Gasteiger partial charge is 0.480 e. The zero-order valence-electron chi connectivity index (χ0n) is 9.66. The first-order chi connectivity index (χ1) is 8.44. The van der Waals surface area contributed by atoms with E-state index in [2.05, 4.69) is 10.2 Å². The van der Waals surface area contributed by atoms with Crippen LogP contribution in [0.5, 0.6) is 0 Å². The third-order valence-corrected chi connectivity index (χ3v) is 4.76. The molecule has 0 aliphatic carbocycles. The van der Waals surface area contributed by atoms with E-state index in [0.29, 0.717) is 5.69 Å². The predicted molar refractivity (Wildman–Crippen MR) is 59.5 cm³/mol. The van der Waals surface area contributed by atoms with Crippen molar-refractivity contribution in [1.82, 2.24) is 14.5 Å². The van der Waals surface area contributed by atoms with Gasteiger partial charge in [0.25, 0.3) is 0 Å². The van der Waals surface area contributed by atoms with Crippen LogP contribution in [0, 0.1) is 6.92 Å². The lowest BCUT2D eigenvalue weighted by Gasteiger charge is -2.31. The van der Waals surface area contributed by atoms with Gasteiger partial charge in [-0.05, 0) is 6.92 Å². The number of carboxylic acid groups (broad SMARTS) is 1. The molecule has 9 heteroatoms. The molecule has 0 radical (unpaired) electrons. The van der Waals surface area contributed by atoms with Gasteiger partial charge in [-0.3, -0.25) is 9.89 Å². The number of aliphatic carboxylic acids is 1. The molecule has 1 atom stereocenters. The molecular weight excluding hydrogens is 262 g/mol. The molecule has 1 aliphatic heterocycles. The molecule has 2 rings (SSSR count). The van der Waals surface area contributed by atoms with Crippen LogP contribution in [0.4, 0.5) is 0 Å². The van der Waals surface area contributed by atoms with Crippen LogP contribution in [0.1, 0.15) is 5.69 Å². The van der Waals surface area contributed by atoms with Crippen molar-refractivity contribution in [3.05, 3.63) is 11.9 Å². The highest BCUT2D eigenvalue weighted by molar-refractivity contribution is 7.89. The third-order valence-electron chi connectivity index (χ3n) is 2.73. The number of ether oxygens (including phenoxy) is 1. The molecule has 100 valence electrons. The van der Waals surface area contributed by atoms with Crippen LogP contribution in [-0.2, 0) is 19.6 Å². The fourth-order valence-corrected chi connectivity index (χ4v) is 3.47. The number of hydrogen-bond donors (Lipinski definition) is 2. The first-order valence-electron chi connectivity index (χ1n) is 5.27. The summed E-state index contributed by atoms with van der Waals surface area (Å²) in [5, 5.41) is 15.2. The van der Waals surface area contributed by atoms with Crippen LogP contribution in [0.2, 0.25) is 0 Å². The van der Waals surface area contributed by atoms with Crippen LogP contribution in [0.15, 0.2) is 11.1 Å². The van der Waals surface area contributed by atoms with E-state index in [9.17, 15) is 13.2 Å². The summed E-state index contributed by atoms with van der Waals surface area (Å²) in [6.07, 6.45) is 1.18. The predicted octanol–water partition coefficient (Wildman–Crippen LogP) is -0.808. The summed E-state index contributed by atoms with van der Waals surface area (Å²) in [6, 6.07) is -1.20. The standard InChI is InChI=1S/C9H13N3O5S/c1-6-8(4-10-11-6)18(15,16)12-2-3-17-5-7(12)9(13)14/h4,7H,2-3,5H2,1H3,(H,10,11)(H,13,14). The lowest BCUT2D eigenvalue weighted by molar-refractivity contribution is -0.146. The van der Waals surface area contributed by atoms with Crippen LogP contribution in [-0.4, -0.2) is 59.8 Å². The summed E-state index contributed by atoms with van der Waals surface area (Å²) >= 11 is 0. The summed E-state index contributed by atoms with van der Waals surface area (Å²) < 4.78 is 30.6. The van der Waals surface area contributed by atoms with E-state index in [4.69, 9.17) is 9.84 Å². The van der Waals surface area contributed by atoms with Gasteiger partial charge in [-0.2, -0.15) is 9.40 Å². The smallest absolute Gasteiger partial charge is 0.324 e. The van der Waals surface area contributed by atoms with E-state index >= 15 is 0 Å². The Labute approximate surface area is 104 Å². The molecule has 0 saturated carbocycles. The average molecular weight is 275 g/mol. The Morgan fingerprint density at radius 2 is 2.39 bits per heavy atom. The number of aromatic nitrogens is 2. The Morgan fingerprint density at radius 3 is 2.94 bits per heavy atom. The van der Waals surface area contributed by atoms with Crippen LogP contribution in [0.25, 0.3) is 0 Å². The molecule has 1 aromatic heterocycles. The molecule has 18 heavy (non-hydrogen) atoms. The Morgan fingerprint density at radius 1 is 1.67 bits per heavy atom. The monoisotopic (exact) mass is 275 g/mol. The van der Waals surface area contributed by atoms with E-state index < -0.39 is 22.0 Å². The van der Waals surface area contributed by atoms with Crippen LogP contribution in [0.3, 0.4) is 0 Å². The van der Waals surface area contributed by atoms with Crippen molar-refractivity contribution >= 4 is 16.0 Å². The van der Waals surface area contributed by atoms with Crippen molar-refractivity contribution in [2.24, 2.45) is 0 Å². The summed E-state index contributed by atoms with van der Waals surface area (Å²) in [5.41, 5.74) is 0.380. The minimum absolute atomic E-state index is 0.00403. The van der Waals surface area contributed by atoms with Crippen molar-refractivity contribution < 1.29 is 23.1 Å². The van der Waals surface area contributed by atoms with Crippen molar-refractivity contribution in [2.75, 3.05) is 19.8 Å². The van der Waals surface area contributed by atoms with Gasteiger partial charge in [0.05, 0.1) is 25.1 Å². The minimum atomic E-state index is -3.86. The molecule has 0 aromatic carbocycles. The highest BCUT2D eigenvalue weighted by Crippen LogP contribution is 2.22. The highest BCUT2D eigenvalue weighted by atomic mass is 32.2. The normalized spacial score (nSPS) is 21.9. The number of nitrogens with one attached hydrogen (secondary N) is 1. The van der Waals surface area contributed by atoms with Gasteiger partial charge in [0.2, 0.25) is 10.0 Å². The van der Waals surface area contributed by atoms with E-state index in [-0.39, 0.29) is 24.7 Å². The number of morpholine rings is 1. The van der Waals surface area contributed by atoms with Crippen LogP contribution < -0.4 is 0 Å². The van der Waals surface area contributed by atoms with Gasteiger partial charge < -0.3 is 9.84 Å². The molecule has 0 bridgehead atoms. The van der Waals surface area contributed by atoms with Crippen LogP contribution >= 0.6 is 0 Å². The number of rotatable bonds is 3. The number of aromatic amines is 1. The lowest BCUT2D eigenvalue weighted by Crippen LogP contribution is -2.52. The van der Waals surface area contributed by atoms with Gasteiger partial charge in [-0.1, -0.05) is 0 Å². The summed E-state index contributed by atoms with van der Waals surface area (Å²) in [4.78, 5) is 11.1. The molecule has 1 aromatic rings. The fourth-order valence-electron chi connectivity index (χ4n) is 1.80. The van der Waals surface area contributed by atoms with Gasteiger partial charge in [-0.25, -0.2) is 8.42 Å². The number of aryl methyl sites for hydroxylation is 1. The first-order valence-corrected chi connectivity index (χ1v) is 6.71. The molecule has 8 nitrogen and oxygen atoms in total. The van der Waals surface area contributed by atoms with Crippen molar-refractivity contribution in [1.29, 1.82) is 0 Å². The molecule has 0 spiro atoms. The zero-order valence-corrected chi connectivity index (χ0v) is 10.5. The number of carbonyl (C=O) groups is 1. The summed E-state index contributed by atoms with van der Waals surface area (Å²) in [5.74, 6) is -1.22. The molecule has 2 heterocycles. The maximum Gasteiger partial charge on any atom is 0.324 e. The Bertz CT molecular complexity index is 552. The second kappa shape index (κ2) is 4.67. The Balaban J connectivity index is 2.39. The quantitative estimate of drug-likeness (QED) is 0.746. The first kappa shape index (κ1) is 13.0. The highest BCUT2D eigenvalue weighted by Gasteiger charge is 2.39. The van der Waals surface area contributed by atoms with Gasteiger partial charge in [-0.15, -0.1) is 0 Å². The van der Waals surface area contributed by atoms with Crippen molar-refractivity contribution in [2.45, 2.75) is 17.9 Å². The second-order valence-electron chi connectivity index (χ2n) is 3.90. The Hall–Kier alpha value is -1.45. The van der Waals surface area contributed by atoms with E-state index in [0.717, 1.165) is 4.31 Å². The topological polar surface area (TPSA) is 113 Å². The maximum absolute atomic E-state index is 12.3.